The minimum absolute atomic E-state index is 0.109. The molecule has 2 aromatic rings. The maximum absolute atomic E-state index is 13.6. The summed E-state index contributed by atoms with van der Waals surface area (Å²) in [7, 11) is -3.65. The van der Waals surface area contributed by atoms with Crippen LogP contribution in [0.1, 0.15) is 63.0 Å². The molecule has 4 nitrogen and oxygen atoms in total. The zero-order chi connectivity index (χ0) is 20.7. The molecule has 1 unspecified atom stereocenters. The Morgan fingerprint density at radius 1 is 0.931 bits per heavy atom. The lowest BCUT2D eigenvalue weighted by Gasteiger charge is -2.27. The van der Waals surface area contributed by atoms with Crippen molar-refractivity contribution < 1.29 is 8.42 Å². The fourth-order valence-corrected chi connectivity index (χ4v) is 5.48. The molecule has 0 bridgehead atoms. The second kappa shape index (κ2) is 10.1. The van der Waals surface area contributed by atoms with E-state index in [1.165, 1.54) is 25.7 Å². The molecule has 0 saturated heterocycles. The molecule has 29 heavy (non-hydrogen) atoms. The molecule has 0 aromatic heterocycles. The van der Waals surface area contributed by atoms with Gasteiger partial charge in [0.15, 0.2) is 0 Å². The molecule has 0 saturated carbocycles. The average Bonchev–Trinajstić information content (AvgIpc) is 3.16. The van der Waals surface area contributed by atoms with Crippen molar-refractivity contribution in [3.63, 3.8) is 0 Å². The largest absolute Gasteiger partial charge is 0.265 e. The molecule has 0 radical (unpaired) electrons. The summed E-state index contributed by atoms with van der Waals surface area (Å²) < 4.78 is 28.7. The van der Waals surface area contributed by atoms with Crippen molar-refractivity contribution in [2.75, 3.05) is 6.54 Å². The Bertz CT molecular complexity index is 906. The van der Waals surface area contributed by atoms with Gasteiger partial charge in [-0.1, -0.05) is 93.5 Å². The molecular weight excluding hydrogens is 380 g/mol. The summed E-state index contributed by atoms with van der Waals surface area (Å²) in [5.41, 5.74) is 1.90. The van der Waals surface area contributed by atoms with E-state index in [9.17, 15) is 8.42 Å². The number of rotatable bonds is 10. The van der Waals surface area contributed by atoms with Crippen LogP contribution in [0.25, 0.3) is 0 Å². The van der Waals surface area contributed by atoms with E-state index in [1.54, 1.807) is 16.4 Å². The van der Waals surface area contributed by atoms with E-state index in [0.717, 1.165) is 30.4 Å². The first-order valence-corrected chi connectivity index (χ1v) is 12.2. The second-order valence-electron chi connectivity index (χ2n) is 7.85. The van der Waals surface area contributed by atoms with Gasteiger partial charge < -0.3 is 0 Å². The first-order valence-electron chi connectivity index (χ1n) is 10.7. The average molecular weight is 413 g/mol. The number of aryl methyl sites for hydroxylation is 1. The Balaban J connectivity index is 1.81. The van der Waals surface area contributed by atoms with Crippen LogP contribution in [-0.2, 0) is 10.0 Å². The molecule has 1 atom stereocenters. The van der Waals surface area contributed by atoms with Gasteiger partial charge in [-0.3, -0.25) is 4.99 Å². The van der Waals surface area contributed by atoms with Crippen LogP contribution >= 0.6 is 0 Å². The van der Waals surface area contributed by atoms with Gasteiger partial charge in [-0.2, -0.15) is 0 Å². The molecule has 1 aliphatic rings. The SMILES string of the molecule is CCCCCCCCC1CN=C(c2ccccc2)N1S(=O)(=O)c1ccc(C)cc1. The number of aliphatic imine (C=N–C) groups is 1. The number of benzene rings is 2. The minimum atomic E-state index is -3.65. The van der Waals surface area contributed by atoms with Gasteiger partial charge in [0.1, 0.15) is 5.84 Å². The van der Waals surface area contributed by atoms with E-state index in [4.69, 9.17) is 0 Å². The Morgan fingerprint density at radius 3 is 2.28 bits per heavy atom. The van der Waals surface area contributed by atoms with E-state index in [-0.39, 0.29) is 6.04 Å². The lowest BCUT2D eigenvalue weighted by molar-refractivity contribution is 0.418. The number of hydrogen-bond acceptors (Lipinski definition) is 3. The minimum Gasteiger partial charge on any atom is -0.265 e. The van der Waals surface area contributed by atoms with Crippen LogP contribution in [0.3, 0.4) is 0 Å². The van der Waals surface area contributed by atoms with Gasteiger partial charge in [0, 0.05) is 5.56 Å². The quantitative estimate of drug-likeness (QED) is 0.479. The van der Waals surface area contributed by atoms with Gasteiger partial charge in [-0.25, -0.2) is 12.7 Å². The number of sulfonamides is 1. The van der Waals surface area contributed by atoms with Crippen LogP contribution in [0.2, 0.25) is 0 Å². The van der Waals surface area contributed by atoms with Crippen molar-refractivity contribution in [3.05, 3.63) is 65.7 Å². The summed E-state index contributed by atoms with van der Waals surface area (Å²) in [6.45, 7) is 4.71. The van der Waals surface area contributed by atoms with Crippen LogP contribution in [0.5, 0.6) is 0 Å². The number of hydrogen-bond donors (Lipinski definition) is 0. The van der Waals surface area contributed by atoms with E-state index in [0.29, 0.717) is 17.3 Å². The van der Waals surface area contributed by atoms with Gasteiger partial charge in [-0.15, -0.1) is 0 Å². The molecule has 1 heterocycles. The monoisotopic (exact) mass is 412 g/mol. The van der Waals surface area contributed by atoms with Crippen LogP contribution < -0.4 is 0 Å². The fraction of sp³-hybridized carbons (Fsp3) is 0.458. The standard InChI is InChI=1S/C24H32N2O2S/c1-3-4-5-6-7-11-14-22-19-25-24(21-12-9-8-10-13-21)26(22)29(27,28)23-17-15-20(2)16-18-23/h8-10,12-13,15-18,22H,3-7,11,14,19H2,1-2H3. The summed E-state index contributed by atoms with van der Waals surface area (Å²) in [6, 6.07) is 16.7. The molecule has 1 aliphatic heterocycles. The first kappa shape index (κ1) is 21.6. The summed E-state index contributed by atoms with van der Waals surface area (Å²) in [4.78, 5) is 5.00. The van der Waals surface area contributed by atoms with E-state index < -0.39 is 10.0 Å². The molecule has 2 aromatic carbocycles. The van der Waals surface area contributed by atoms with E-state index in [2.05, 4.69) is 11.9 Å². The van der Waals surface area contributed by atoms with Gasteiger partial charge >= 0.3 is 0 Å². The molecule has 0 N–H and O–H groups in total. The van der Waals surface area contributed by atoms with Crippen LogP contribution in [-0.4, -0.2) is 31.1 Å². The predicted octanol–water partition coefficient (Wildman–Crippen LogP) is 5.57. The highest BCUT2D eigenvalue weighted by Gasteiger charge is 2.38. The van der Waals surface area contributed by atoms with Crippen molar-refractivity contribution in [3.8, 4) is 0 Å². The van der Waals surface area contributed by atoms with Crippen molar-refractivity contribution in [1.29, 1.82) is 0 Å². The van der Waals surface area contributed by atoms with Crippen molar-refractivity contribution in [2.24, 2.45) is 4.99 Å². The third kappa shape index (κ3) is 5.27. The highest BCUT2D eigenvalue weighted by Crippen LogP contribution is 2.28. The molecule has 3 rings (SSSR count). The maximum Gasteiger partial charge on any atom is 0.265 e. The number of unbranched alkanes of at least 4 members (excludes halogenated alkanes) is 5. The van der Waals surface area contributed by atoms with Gasteiger partial charge in [0.05, 0.1) is 17.5 Å². The van der Waals surface area contributed by atoms with Gasteiger partial charge in [0.25, 0.3) is 10.0 Å². The third-order valence-corrected chi connectivity index (χ3v) is 7.35. The predicted molar refractivity (Wildman–Crippen MR) is 120 cm³/mol. The molecule has 0 aliphatic carbocycles. The van der Waals surface area contributed by atoms with Crippen molar-refractivity contribution in [2.45, 2.75) is 69.7 Å². The zero-order valence-electron chi connectivity index (χ0n) is 17.5. The van der Waals surface area contributed by atoms with Crippen molar-refractivity contribution in [1.82, 2.24) is 4.31 Å². The van der Waals surface area contributed by atoms with Gasteiger partial charge in [0.2, 0.25) is 0 Å². The highest BCUT2D eigenvalue weighted by atomic mass is 32.2. The van der Waals surface area contributed by atoms with Gasteiger partial charge in [-0.05, 0) is 25.5 Å². The maximum atomic E-state index is 13.6. The molecule has 5 heteroatoms. The fourth-order valence-electron chi connectivity index (χ4n) is 3.82. The summed E-state index contributed by atoms with van der Waals surface area (Å²) in [5, 5.41) is 0. The normalized spacial score (nSPS) is 16.8. The van der Waals surface area contributed by atoms with Crippen LogP contribution in [0.4, 0.5) is 0 Å². The molecule has 0 spiro atoms. The first-order chi connectivity index (χ1) is 14.0. The third-order valence-electron chi connectivity index (χ3n) is 5.49. The topological polar surface area (TPSA) is 49.7 Å². The zero-order valence-corrected chi connectivity index (χ0v) is 18.4. The van der Waals surface area contributed by atoms with E-state index in [1.807, 2.05) is 49.4 Å². The van der Waals surface area contributed by atoms with Crippen molar-refractivity contribution >= 4 is 15.9 Å². The second-order valence-corrected chi connectivity index (χ2v) is 9.67. The molecule has 156 valence electrons. The number of nitrogens with zero attached hydrogens (tertiary/aromatic N) is 2. The smallest absolute Gasteiger partial charge is 0.265 e. The molecular formula is C24H32N2O2S. The Morgan fingerprint density at radius 2 is 1.59 bits per heavy atom. The summed E-state index contributed by atoms with van der Waals surface area (Å²) in [6.07, 6.45) is 8.02. The highest BCUT2D eigenvalue weighted by molar-refractivity contribution is 7.89. The summed E-state index contributed by atoms with van der Waals surface area (Å²) >= 11 is 0. The Kier molecular flexibility index (Phi) is 7.48. The van der Waals surface area contributed by atoms with Crippen LogP contribution in [0.15, 0.2) is 64.5 Å². The summed E-state index contributed by atoms with van der Waals surface area (Å²) in [5.74, 6) is 0.571. The molecule has 0 amide bonds. The lowest BCUT2D eigenvalue weighted by atomic mass is 10.1. The molecule has 0 fully saturated rings. The Hall–Kier alpha value is -2.14. The van der Waals surface area contributed by atoms with E-state index >= 15 is 0 Å². The Labute approximate surface area is 175 Å². The lowest BCUT2D eigenvalue weighted by Crippen LogP contribution is -2.41. The number of amidine groups is 1. The van der Waals surface area contributed by atoms with Crippen LogP contribution in [0, 0.1) is 6.92 Å².